The molecular weight excluding hydrogens is 278 g/mol. The molecule has 2 fully saturated rings. The van der Waals surface area contributed by atoms with Gasteiger partial charge in [-0.2, -0.15) is 0 Å². The van der Waals surface area contributed by atoms with Gasteiger partial charge in [-0.15, -0.1) is 0 Å². The Morgan fingerprint density at radius 2 is 1.77 bits per heavy atom. The molecule has 0 aliphatic carbocycles. The van der Waals surface area contributed by atoms with Gasteiger partial charge in [0, 0.05) is 45.0 Å². The van der Waals surface area contributed by atoms with E-state index in [9.17, 15) is 4.79 Å². The summed E-state index contributed by atoms with van der Waals surface area (Å²) in [4.78, 5) is 19.4. The van der Waals surface area contributed by atoms with Crippen molar-refractivity contribution in [1.29, 1.82) is 0 Å². The van der Waals surface area contributed by atoms with Crippen LogP contribution in [-0.2, 0) is 4.79 Å². The third-order valence-electron chi connectivity index (χ3n) is 4.74. The second kappa shape index (κ2) is 7.22. The average Bonchev–Trinajstić information content (AvgIpc) is 2.57. The SMILES string of the molecule is O=C1C(N2CCN(CCO)CC2)CCCN1c1ccccc1. The number of benzene rings is 1. The van der Waals surface area contributed by atoms with Crippen LogP contribution in [0.3, 0.4) is 0 Å². The maximum Gasteiger partial charge on any atom is 0.244 e. The number of anilines is 1. The summed E-state index contributed by atoms with van der Waals surface area (Å²) in [5.74, 6) is 0.244. The fourth-order valence-corrected chi connectivity index (χ4v) is 3.50. The van der Waals surface area contributed by atoms with Gasteiger partial charge in [0.15, 0.2) is 0 Å². The van der Waals surface area contributed by atoms with Crippen molar-refractivity contribution in [1.82, 2.24) is 9.80 Å². The van der Waals surface area contributed by atoms with Gasteiger partial charge in [-0.05, 0) is 25.0 Å². The maximum atomic E-state index is 12.9. The zero-order valence-electron chi connectivity index (χ0n) is 13.0. The van der Waals surface area contributed by atoms with Crippen LogP contribution in [0, 0.1) is 0 Å². The van der Waals surface area contributed by atoms with Crippen LogP contribution in [0.25, 0.3) is 0 Å². The topological polar surface area (TPSA) is 47.0 Å². The minimum absolute atomic E-state index is 0.0187. The van der Waals surface area contributed by atoms with E-state index in [2.05, 4.69) is 9.80 Å². The van der Waals surface area contributed by atoms with Crippen molar-refractivity contribution in [3.63, 3.8) is 0 Å². The molecule has 1 atom stereocenters. The van der Waals surface area contributed by atoms with Crippen molar-refractivity contribution in [3.05, 3.63) is 30.3 Å². The van der Waals surface area contributed by atoms with E-state index in [1.807, 2.05) is 35.2 Å². The zero-order valence-corrected chi connectivity index (χ0v) is 13.0. The summed E-state index contributed by atoms with van der Waals surface area (Å²) in [6, 6.07) is 10.00. The summed E-state index contributed by atoms with van der Waals surface area (Å²) < 4.78 is 0. The largest absolute Gasteiger partial charge is 0.395 e. The number of aliphatic hydroxyl groups excluding tert-OH is 1. The third-order valence-corrected chi connectivity index (χ3v) is 4.74. The van der Waals surface area contributed by atoms with E-state index in [0.717, 1.165) is 57.8 Å². The van der Waals surface area contributed by atoms with Crippen LogP contribution in [-0.4, -0.2) is 72.7 Å². The Morgan fingerprint density at radius 1 is 1.05 bits per heavy atom. The van der Waals surface area contributed by atoms with E-state index < -0.39 is 0 Å². The highest BCUT2D eigenvalue weighted by Crippen LogP contribution is 2.24. The van der Waals surface area contributed by atoms with Crippen LogP contribution < -0.4 is 4.90 Å². The molecule has 1 aromatic carbocycles. The highest BCUT2D eigenvalue weighted by Gasteiger charge is 2.35. The minimum Gasteiger partial charge on any atom is -0.395 e. The number of hydrogen-bond acceptors (Lipinski definition) is 4. The third kappa shape index (κ3) is 3.32. The number of β-amino-alcohol motifs (C(OH)–C–C–N with tert-alkyl or cyclic N) is 1. The van der Waals surface area contributed by atoms with Crippen molar-refractivity contribution >= 4 is 11.6 Å². The molecule has 1 N–H and O–H groups in total. The fourth-order valence-electron chi connectivity index (χ4n) is 3.50. The Kier molecular flexibility index (Phi) is 5.08. The van der Waals surface area contributed by atoms with Gasteiger partial charge in [-0.25, -0.2) is 0 Å². The summed E-state index contributed by atoms with van der Waals surface area (Å²) in [6.45, 7) is 5.49. The Hall–Kier alpha value is -1.43. The summed E-state index contributed by atoms with van der Waals surface area (Å²) in [6.07, 6.45) is 2.02. The predicted molar refractivity (Wildman–Crippen MR) is 86.9 cm³/mol. The molecule has 22 heavy (non-hydrogen) atoms. The van der Waals surface area contributed by atoms with Crippen molar-refractivity contribution in [2.45, 2.75) is 18.9 Å². The Morgan fingerprint density at radius 3 is 2.45 bits per heavy atom. The Bertz CT molecular complexity index is 486. The minimum atomic E-state index is 0.0187. The van der Waals surface area contributed by atoms with Gasteiger partial charge in [0.1, 0.15) is 0 Å². The van der Waals surface area contributed by atoms with Gasteiger partial charge < -0.3 is 10.0 Å². The van der Waals surface area contributed by atoms with Crippen LogP contribution in [0.2, 0.25) is 0 Å². The van der Waals surface area contributed by atoms with E-state index in [1.165, 1.54) is 0 Å². The fraction of sp³-hybridized carbons (Fsp3) is 0.588. The maximum absolute atomic E-state index is 12.9. The predicted octanol–water partition coefficient (Wildman–Crippen LogP) is 0.792. The normalized spacial score (nSPS) is 24.7. The Labute approximate surface area is 132 Å². The van der Waals surface area contributed by atoms with Gasteiger partial charge in [0.05, 0.1) is 12.6 Å². The molecule has 0 bridgehead atoms. The summed E-state index contributed by atoms with van der Waals surface area (Å²) in [7, 11) is 0. The molecule has 1 amide bonds. The van der Waals surface area contributed by atoms with E-state index in [-0.39, 0.29) is 18.6 Å². The van der Waals surface area contributed by atoms with Gasteiger partial charge in [-0.1, -0.05) is 18.2 Å². The van der Waals surface area contributed by atoms with E-state index in [1.54, 1.807) is 0 Å². The number of amides is 1. The molecule has 5 heteroatoms. The molecule has 5 nitrogen and oxygen atoms in total. The lowest BCUT2D eigenvalue weighted by Gasteiger charge is -2.42. The average molecular weight is 303 g/mol. The quantitative estimate of drug-likeness (QED) is 0.893. The molecule has 2 aliphatic heterocycles. The number of hydrogen-bond donors (Lipinski definition) is 1. The standard InChI is InChI=1S/C17H25N3O2/c21-14-13-18-9-11-19(12-10-18)16-7-4-8-20(17(16)22)15-5-2-1-3-6-15/h1-3,5-6,16,21H,4,7-14H2. The van der Waals surface area contributed by atoms with E-state index >= 15 is 0 Å². The van der Waals surface area contributed by atoms with Gasteiger partial charge in [-0.3, -0.25) is 14.6 Å². The van der Waals surface area contributed by atoms with Crippen molar-refractivity contribution in [3.8, 4) is 0 Å². The first-order valence-electron chi connectivity index (χ1n) is 8.23. The molecule has 3 rings (SSSR count). The molecule has 120 valence electrons. The zero-order chi connectivity index (χ0) is 15.4. The van der Waals surface area contributed by atoms with Crippen LogP contribution in [0.4, 0.5) is 5.69 Å². The highest BCUT2D eigenvalue weighted by molar-refractivity contribution is 5.97. The van der Waals surface area contributed by atoms with Gasteiger partial charge in [0.2, 0.25) is 5.91 Å². The highest BCUT2D eigenvalue weighted by atomic mass is 16.3. The molecule has 1 unspecified atom stereocenters. The molecule has 0 aromatic heterocycles. The van der Waals surface area contributed by atoms with E-state index in [4.69, 9.17) is 5.11 Å². The first-order valence-corrected chi connectivity index (χ1v) is 8.23. The van der Waals surface area contributed by atoms with Crippen molar-refractivity contribution < 1.29 is 9.90 Å². The van der Waals surface area contributed by atoms with Crippen molar-refractivity contribution in [2.75, 3.05) is 50.8 Å². The number of piperazine rings is 1. The molecule has 1 aromatic rings. The number of carbonyl (C=O) groups excluding carboxylic acids is 1. The molecule has 2 saturated heterocycles. The van der Waals surface area contributed by atoms with Crippen LogP contribution in [0.15, 0.2) is 30.3 Å². The number of aliphatic hydroxyl groups is 1. The number of carbonyl (C=O) groups is 1. The molecule has 2 heterocycles. The van der Waals surface area contributed by atoms with E-state index in [0.29, 0.717) is 0 Å². The lowest BCUT2D eigenvalue weighted by atomic mass is 10.0. The van der Waals surface area contributed by atoms with Crippen LogP contribution >= 0.6 is 0 Å². The first-order chi connectivity index (χ1) is 10.8. The first kappa shape index (κ1) is 15.5. The van der Waals surface area contributed by atoms with Crippen LogP contribution in [0.5, 0.6) is 0 Å². The van der Waals surface area contributed by atoms with Crippen molar-refractivity contribution in [2.24, 2.45) is 0 Å². The summed E-state index contributed by atoms with van der Waals surface area (Å²) in [5.41, 5.74) is 1.01. The monoisotopic (exact) mass is 303 g/mol. The molecule has 0 radical (unpaired) electrons. The van der Waals surface area contributed by atoms with Gasteiger partial charge in [0.25, 0.3) is 0 Å². The number of nitrogens with zero attached hydrogens (tertiary/aromatic N) is 3. The Balaban J connectivity index is 1.64. The molecule has 0 saturated carbocycles. The summed E-state index contributed by atoms with van der Waals surface area (Å²) in [5, 5.41) is 9.02. The number of piperidine rings is 1. The lowest BCUT2D eigenvalue weighted by Crippen LogP contribution is -2.58. The second-order valence-electron chi connectivity index (χ2n) is 6.08. The van der Waals surface area contributed by atoms with Gasteiger partial charge >= 0.3 is 0 Å². The smallest absolute Gasteiger partial charge is 0.244 e. The van der Waals surface area contributed by atoms with Crippen LogP contribution in [0.1, 0.15) is 12.8 Å². The molecule has 2 aliphatic rings. The number of para-hydroxylation sites is 1. The summed E-state index contributed by atoms with van der Waals surface area (Å²) >= 11 is 0. The molecular formula is C17H25N3O2. The lowest BCUT2D eigenvalue weighted by molar-refractivity contribution is -0.126. The second-order valence-corrected chi connectivity index (χ2v) is 6.08. The number of rotatable bonds is 4. The molecule has 0 spiro atoms.